The molecule has 0 aromatic heterocycles. The summed E-state index contributed by atoms with van der Waals surface area (Å²) in [6, 6.07) is 5.35. The van der Waals surface area contributed by atoms with E-state index in [2.05, 4.69) is 10.9 Å². The van der Waals surface area contributed by atoms with Gasteiger partial charge >= 0.3 is 0 Å². The van der Waals surface area contributed by atoms with Gasteiger partial charge in [-0.25, -0.2) is 5.43 Å². The first kappa shape index (κ1) is 7.58. The summed E-state index contributed by atoms with van der Waals surface area (Å²) in [6.45, 7) is 0.784. The maximum atomic E-state index is 10.8. The monoisotopic (exact) mass is 182 g/mol. The number of nitrogens with one attached hydrogen (secondary N) is 2. The number of carbonyl (C=O) groups is 1. The first-order valence-corrected chi connectivity index (χ1v) is 3.97. The molecule has 4 heteroatoms. The van der Waals surface area contributed by atoms with Gasteiger partial charge in [0.15, 0.2) is 0 Å². The number of fused-ring (bicyclic) bond motifs is 1. The van der Waals surface area contributed by atoms with E-state index in [1.807, 2.05) is 6.07 Å². The van der Waals surface area contributed by atoms with E-state index in [0.29, 0.717) is 5.56 Å². The average molecular weight is 183 g/mol. The van der Waals surface area contributed by atoms with Crippen LogP contribution in [0.1, 0.15) is 15.9 Å². The Balaban J connectivity index is 2.45. The lowest BCUT2D eigenvalue weighted by Gasteiger charge is -1.99. The van der Waals surface area contributed by atoms with Crippen LogP contribution in [0.25, 0.3) is 0 Å². The molecule has 0 amide bonds. The molecule has 1 aliphatic heterocycles. The van der Waals surface area contributed by atoms with Crippen LogP contribution in [-0.4, -0.2) is 5.24 Å². The second kappa shape index (κ2) is 2.77. The van der Waals surface area contributed by atoms with Gasteiger partial charge in [0.1, 0.15) is 0 Å². The summed E-state index contributed by atoms with van der Waals surface area (Å²) in [5.74, 6) is 0. The van der Waals surface area contributed by atoms with Gasteiger partial charge in [-0.2, -0.15) is 0 Å². The maximum absolute atomic E-state index is 10.8. The van der Waals surface area contributed by atoms with Gasteiger partial charge in [0.25, 0.3) is 5.24 Å². The Hall–Kier alpha value is -1.06. The number of benzene rings is 1. The molecule has 0 fully saturated rings. The highest BCUT2D eigenvalue weighted by atomic mass is 35.5. The quantitative estimate of drug-likeness (QED) is 0.647. The average Bonchev–Trinajstić information content (AvgIpc) is 2.49. The molecule has 0 saturated heterocycles. The topological polar surface area (TPSA) is 41.1 Å². The highest BCUT2D eigenvalue weighted by molar-refractivity contribution is 6.67. The van der Waals surface area contributed by atoms with Gasteiger partial charge in [0.2, 0.25) is 0 Å². The van der Waals surface area contributed by atoms with Crippen molar-refractivity contribution in [3.05, 3.63) is 29.3 Å². The van der Waals surface area contributed by atoms with Gasteiger partial charge < -0.3 is 5.43 Å². The third-order valence-electron chi connectivity index (χ3n) is 1.84. The molecule has 0 saturated carbocycles. The molecule has 1 aromatic rings. The predicted octanol–water partition coefficient (Wildman–Crippen LogP) is 1.50. The van der Waals surface area contributed by atoms with Gasteiger partial charge in [-0.1, -0.05) is 6.07 Å². The van der Waals surface area contributed by atoms with Crippen molar-refractivity contribution in [1.29, 1.82) is 0 Å². The van der Waals surface area contributed by atoms with Crippen molar-refractivity contribution in [3.8, 4) is 0 Å². The van der Waals surface area contributed by atoms with E-state index < -0.39 is 5.24 Å². The van der Waals surface area contributed by atoms with Crippen molar-refractivity contribution in [3.63, 3.8) is 0 Å². The first-order chi connectivity index (χ1) is 5.77. The zero-order valence-corrected chi connectivity index (χ0v) is 6.98. The zero-order valence-electron chi connectivity index (χ0n) is 6.23. The molecule has 1 heterocycles. The Bertz CT molecular complexity index is 338. The summed E-state index contributed by atoms with van der Waals surface area (Å²) >= 11 is 5.32. The van der Waals surface area contributed by atoms with Crippen LogP contribution in [-0.2, 0) is 6.54 Å². The molecule has 0 bridgehead atoms. The molecule has 0 spiro atoms. The molecule has 62 valence electrons. The fourth-order valence-electron chi connectivity index (χ4n) is 1.20. The normalized spacial score (nSPS) is 13.8. The Labute approximate surface area is 74.7 Å². The van der Waals surface area contributed by atoms with Crippen LogP contribution in [0.15, 0.2) is 18.2 Å². The molecule has 12 heavy (non-hydrogen) atoms. The van der Waals surface area contributed by atoms with Crippen LogP contribution in [0.3, 0.4) is 0 Å². The standard InChI is InChI=1S/C8H7ClN2O/c9-8(12)5-1-2-6-4-10-11-7(6)3-5/h1-3,10-11H,4H2. The van der Waals surface area contributed by atoms with Gasteiger partial charge in [0, 0.05) is 12.1 Å². The third-order valence-corrected chi connectivity index (χ3v) is 2.06. The number of hydrazine groups is 1. The van der Waals surface area contributed by atoms with E-state index in [1.165, 1.54) is 0 Å². The zero-order chi connectivity index (χ0) is 8.55. The summed E-state index contributed by atoms with van der Waals surface area (Å²) in [7, 11) is 0. The maximum Gasteiger partial charge on any atom is 0.252 e. The van der Waals surface area contributed by atoms with Crippen LogP contribution in [0.4, 0.5) is 5.69 Å². The number of hydrogen-bond acceptors (Lipinski definition) is 3. The smallest absolute Gasteiger partial charge is 0.252 e. The minimum atomic E-state index is -0.425. The number of halogens is 1. The summed E-state index contributed by atoms with van der Waals surface area (Å²) in [6.07, 6.45) is 0. The van der Waals surface area contributed by atoms with E-state index in [-0.39, 0.29) is 0 Å². The van der Waals surface area contributed by atoms with Crippen molar-refractivity contribution in [1.82, 2.24) is 5.43 Å². The molecule has 1 aromatic carbocycles. The van der Waals surface area contributed by atoms with E-state index in [4.69, 9.17) is 11.6 Å². The van der Waals surface area contributed by atoms with Gasteiger partial charge in [-0.3, -0.25) is 4.79 Å². The fourth-order valence-corrected chi connectivity index (χ4v) is 1.32. The molecule has 3 nitrogen and oxygen atoms in total. The van der Waals surface area contributed by atoms with Crippen LogP contribution >= 0.6 is 11.6 Å². The minimum Gasteiger partial charge on any atom is -0.321 e. The fraction of sp³-hybridized carbons (Fsp3) is 0.125. The summed E-state index contributed by atoms with van der Waals surface area (Å²) < 4.78 is 0. The predicted molar refractivity (Wildman–Crippen MR) is 47.1 cm³/mol. The van der Waals surface area contributed by atoms with Crippen molar-refractivity contribution in [2.24, 2.45) is 0 Å². The number of hydrogen-bond donors (Lipinski definition) is 2. The van der Waals surface area contributed by atoms with Gasteiger partial charge in [-0.15, -0.1) is 0 Å². The highest BCUT2D eigenvalue weighted by Gasteiger charge is 2.11. The van der Waals surface area contributed by atoms with E-state index in [1.54, 1.807) is 12.1 Å². The first-order valence-electron chi connectivity index (χ1n) is 3.59. The molecule has 0 radical (unpaired) electrons. The number of anilines is 1. The minimum absolute atomic E-state index is 0.425. The molecule has 1 aliphatic rings. The van der Waals surface area contributed by atoms with E-state index in [9.17, 15) is 4.79 Å². The molecule has 0 atom stereocenters. The largest absolute Gasteiger partial charge is 0.321 e. The Kier molecular flexibility index (Phi) is 1.75. The number of carbonyl (C=O) groups excluding carboxylic acids is 1. The SMILES string of the molecule is O=C(Cl)c1ccc2c(c1)NNC2. The van der Waals surface area contributed by atoms with Crippen molar-refractivity contribution >= 4 is 22.5 Å². The second-order valence-corrected chi connectivity index (χ2v) is 2.97. The van der Waals surface area contributed by atoms with Crippen LogP contribution in [0.5, 0.6) is 0 Å². The van der Waals surface area contributed by atoms with E-state index >= 15 is 0 Å². The van der Waals surface area contributed by atoms with Crippen molar-refractivity contribution < 1.29 is 4.79 Å². The molecule has 2 rings (SSSR count). The van der Waals surface area contributed by atoms with E-state index in [0.717, 1.165) is 17.8 Å². The van der Waals surface area contributed by atoms with Crippen LogP contribution in [0, 0.1) is 0 Å². The van der Waals surface area contributed by atoms with Crippen LogP contribution in [0.2, 0.25) is 0 Å². The number of rotatable bonds is 1. The lowest BCUT2D eigenvalue weighted by Crippen LogP contribution is -2.10. The summed E-state index contributed by atoms with van der Waals surface area (Å²) in [4.78, 5) is 10.8. The molecular weight excluding hydrogens is 176 g/mol. The highest BCUT2D eigenvalue weighted by Crippen LogP contribution is 2.21. The molecule has 0 unspecified atom stereocenters. The summed E-state index contributed by atoms with van der Waals surface area (Å²) in [5, 5.41) is -0.425. The van der Waals surface area contributed by atoms with Gasteiger partial charge in [0.05, 0.1) is 5.69 Å². The van der Waals surface area contributed by atoms with Crippen LogP contribution < -0.4 is 10.9 Å². The molecule has 0 aliphatic carbocycles. The lowest BCUT2D eigenvalue weighted by molar-refractivity contribution is 0.108. The summed E-state index contributed by atoms with van der Waals surface area (Å²) in [5.41, 5.74) is 8.49. The van der Waals surface area contributed by atoms with Gasteiger partial charge in [-0.05, 0) is 29.3 Å². The molecule has 2 N–H and O–H groups in total. The third kappa shape index (κ3) is 1.17. The van der Waals surface area contributed by atoms with Crippen molar-refractivity contribution in [2.75, 3.05) is 5.43 Å². The Morgan fingerprint density at radius 3 is 3.08 bits per heavy atom. The Morgan fingerprint density at radius 1 is 1.50 bits per heavy atom. The Morgan fingerprint density at radius 2 is 2.33 bits per heavy atom. The second-order valence-electron chi connectivity index (χ2n) is 2.62. The van der Waals surface area contributed by atoms with Crippen molar-refractivity contribution in [2.45, 2.75) is 6.54 Å². The lowest BCUT2D eigenvalue weighted by atomic mass is 10.1. The molecular formula is C8H7ClN2O.